The minimum Gasteiger partial charge on any atom is -0.309 e. The monoisotopic (exact) mass is 275 g/mol. The van der Waals surface area contributed by atoms with Gasteiger partial charge < -0.3 is 10.2 Å². The Kier molecular flexibility index (Phi) is 5.75. The molecule has 0 aromatic carbocycles. The molecule has 1 N–H and O–H groups in total. The molecular formula is C13H20F3N3. The smallest absolute Gasteiger partial charge is 0.309 e. The molecule has 1 atom stereocenters. The normalized spacial score (nSPS) is 13.8. The van der Waals surface area contributed by atoms with E-state index in [9.17, 15) is 13.2 Å². The van der Waals surface area contributed by atoms with E-state index in [1.165, 1.54) is 12.4 Å². The number of rotatable bonds is 6. The van der Waals surface area contributed by atoms with Gasteiger partial charge in [-0.3, -0.25) is 4.98 Å². The fraction of sp³-hybridized carbons (Fsp3) is 0.615. The van der Waals surface area contributed by atoms with Crippen molar-refractivity contribution in [3.8, 4) is 0 Å². The lowest BCUT2D eigenvalue weighted by Crippen LogP contribution is -2.33. The maximum atomic E-state index is 13.0. The van der Waals surface area contributed by atoms with Crippen LogP contribution in [0.4, 0.5) is 13.2 Å². The molecule has 1 aromatic heterocycles. The number of likely N-dealkylation sites (N-methyl/N-ethyl adjacent to an activating group) is 1. The van der Waals surface area contributed by atoms with Gasteiger partial charge in [0.1, 0.15) is 0 Å². The number of nitrogens with one attached hydrogen (secondary N) is 1. The van der Waals surface area contributed by atoms with Gasteiger partial charge in [-0.1, -0.05) is 6.92 Å². The average Bonchev–Trinajstić information content (AvgIpc) is 2.33. The Bertz CT molecular complexity index is 391. The van der Waals surface area contributed by atoms with Crippen LogP contribution in [0.15, 0.2) is 18.5 Å². The number of hydrogen-bond acceptors (Lipinski definition) is 3. The van der Waals surface area contributed by atoms with Gasteiger partial charge in [0.2, 0.25) is 0 Å². The lowest BCUT2D eigenvalue weighted by molar-refractivity contribution is -0.138. The van der Waals surface area contributed by atoms with E-state index in [1.54, 1.807) is 0 Å². The molecule has 0 aliphatic carbocycles. The van der Waals surface area contributed by atoms with Gasteiger partial charge in [-0.2, -0.15) is 13.2 Å². The first-order valence-electron chi connectivity index (χ1n) is 6.25. The van der Waals surface area contributed by atoms with Crippen LogP contribution in [-0.2, 0) is 6.18 Å². The molecule has 1 unspecified atom stereocenters. The zero-order valence-corrected chi connectivity index (χ0v) is 11.5. The molecule has 0 bridgehead atoms. The van der Waals surface area contributed by atoms with Crippen LogP contribution in [-0.4, -0.2) is 37.1 Å². The number of hydrogen-bond donors (Lipinski definition) is 1. The highest BCUT2D eigenvalue weighted by atomic mass is 19.4. The van der Waals surface area contributed by atoms with Crippen LogP contribution in [0.2, 0.25) is 0 Å². The molecule has 0 aliphatic heterocycles. The number of aromatic nitrogens is 1. The summed E-state index contributed by atoms with van der Waals surface area (Å²) in [5, 5.41) is 3.15. The highest BCUT2D eigenvalue weighted by molar-refractivity contribution is 5.29. The van der Waals surface area contributed by atoms with Crippen LogP contribution in [0, 0.1) is 0 Å². The first-order valence-corrected chi connectivity index (χ1v) is 6.25. The zero-order valence-electron chi connectivity index (χ0n) is 11.5. The Morgan fingerprint density at radius 2 is 2.05 bits per heavy atom. The number of nitrogens with zero attached hydrogens (tertiary/aromatic N) is 2. The third-order valence-electron chi connectivity index (χ3n) is 2.72. The Labute approximate surface area is 111 Å². The molecule has 0 spiro atoms. The molecule has 0 radical (unpaired) electrons. The molecule has 1 heterocycles. The fourth-order valence-electron chi connectivity index (χ4n) is 1.90. The van der Waals surface area contributed by atoms with Gasteiger partial charge in [0.05, 0.1) is 5.56 Å². The van der Waals surface area contributed by atoms with Crippen LogP contribution >= 0.6 is 0 Å². The van der Waals surface area contributed by atoms with Gasteiger partial charge in [0.25, 0.3) is 0 Å². The molecule has 0 saturated carbocycles. The minimum absolute atomic E-state index is 0.206. The molecule has 108 valence electrons. The predicted octanol–water partition coefficient (Wildman–Crippen LogP) is 2.70. The molecule has 0 fully saturated rings. The minimum atomic E-state index is -4.35. The molecule has 0 aliphatic rings. The van der Waals surface area contributed by atoms with E-state index in [0.717, 1.165) is 12.5 Å². The van der Waals surface area contributed by atoms with Crippen molar-refractivity contribution >= 4 is 0 Å². The van der Waals surface area contributed by atoms with Crippen LogP contribution < -0.4 is 5.32 Å². The Morgan fingerprint density at radius 1 is 1.37 bits per heavy atom. The summed E-state index contributed by atoms with van der Waals surface area (Å²) in [4.78, 5) is 5.70. The maximum Gasteiger partial charge on any atom is 0.416 e. The van der Waals surface area contributed by atoms with E-state index >= 15 is 0 Å². The van der Waals surface area contributed by atoms with Gasteiger partial charge >= 0.3 is 6.18 Å². The topological polar surface area (TPSA) is 28.2 Å². The lowest BCUT2D eigenvalue weighted by atomic mass is 10.0. The summed E-state index contributed by atoms with van der Waals surface area (Å²) in [6, 6.07) is 0.659. The Morgan fingerprint density at radius 3 is 2.58 bits per heavy atom. The standard InChI is InChI=1S/C13H20F3N3/c1-4-6-18-12(9-19(2)3)10-8-17-7-5-11(10)13(14,15)16/h5,7-8,12,18H,4,6,9H2,1-3H3. The van der Waals surface area contributed by atoms with Crippen LogP contribution in [0.1, 0.15) is 30.5 Å². The van der Waals surface area contributed by atoms with Gasteiger partial charge in [-0.25, -0.2) is 0 Å². The summed E-state index contributed by atoms with van der Waals surface area (Å²) in [5.41, 5.74) is -0.407. The van der Waals surface area contributed by atoms with Gasteiger partial charge in [0, 0.05) is 30.5 Å². The predicted molar refractivity (Wildman–Crippen MR) is 68.8 cm³/mol. The highest BCUT2D eigenvalue weighted by Gasteiger charge is 2.35. The van der Waals surface area contributed by atoms with E-state index in [2.05, 4.69) is 10.3 Å². The van der Waals surface area contributed by atoms with Crippen LogP contribution in [0.25, 0.3) is 0 Å². The molecule has 6 heteroatoms. The Hall–Kier alpha value is -1.14. The summed E-state index contributed by atoms with van der Waals surface area (Å²) >= 11 is 0. The molecule has 1 aromatic rings. The van der Waals surface area contributed by atoms with Crippen molar-refractivity contribution in [3.63, 3.8) is 0 Å². The molecule has 1 rings (SSSR count). The summed E-state index contributed by atoms with van der Waals surface area (Å²) in [6.07, 6.45) is -0.999. The van der Waals surface area contributed by atoms with Gasteiger partial charge in [0.15, 0.2) is 0 Å². The third-order valence-corrected chi connectivity index (χ3v) is 2.72. The van der Waals surface area contributed by atoms with Crippen molar-refractivity contribution in [2.75, 3.05) is 27.2 Å². The summed E-state index contributed by atoms with van der Waals surface area (Å²) < 4.78 is 39.0. The summed E-state index contributed by atoms with van der Waals surface area (Å²) in [5.74, 6) is 0. The summed E-state index contributed by atoms with van der Waals surface area (Å²) in [7, 11) is 3.68. The van der Waals surface area contributed by atoms with Crippen molar-refractivity contribution < 1.29 is 13.2 Å². The second kappa shape index (κ2) is 6.86. The molecule has 3 nitrogen and oxygen atoms in total. The van der Waals surface area contributed by atoms with Crippen molar-refractivity contribution in [3.05, 3.63) is 29.6 Å². The lowest BCUT2D eigenvalue weighted by Gasteiger charge is -2.25. The molecular weight excluding hydrogens is 255 g/mol. The largest absolute Gasteiger partial charge is 0.416 e. The van der Waals surface area contributed by atoms with Crippen molar-refractivity contribution in [2.24, 2.45) is 0 Å². The van der Waals surface area contributed by atoms with E-state index in [1.807, 2.05) is 25.9 Å². The zero-order chi connectivity index (χ0) is 14.5. The quantitative estimate of drug-likeness (QED) is 0.865. The van der Waals surface area contributed by atoms with E-state index < -0.39 is 11.7 Å². The number of pyridine rings is 1. The Balaban J connectivity index is 3.07. The van der Waals surface area contributed by atoms with E-state index in [-0.39, 0.29) is 11.6 Å². The van der Waals surface area contributed by atoms with Crippen molar-refractivity contribution in [1.29, 1.82) is 0 Å². The van der Waals surface area contributed by atoms with Crippen molar-refractivity contribution in [2.45, 2.75) is 25.6 Å². The third kappa shape index (κ3) is 4.80. The molecule has 0 amide bonds. The SMILES string of the molecule is CCCNC(CN(C)C)c1cnccc1C(F)(F)F. The summed E-state index contributed by atoms with van der Waals surface area (Å²) in [6.45, 7) is 3.15. The highest BCUT2D eigenvalue weighted by Crippen LogP contribution is 2.34. The average molecular weight is 275 g/mol. The van der Waals surface area contributed by atoms with Gasteiger partial charge in [-0.05, 0) is 33.1 Å². The first-order chi connectivity index (χ1) is 8.86. The van der Waals surface area contributed by atoms with Crippen molar-refractivity contribution in [1.82, 2.24) is 15.2 Å². The number of alkyl halides is 3. The van der Waals surface area contributed by atoms with E-state index in [4.69, 9.17) is 0 Å². The molecule has 19 heavy (non-hydrogen) atoms. The fourth-order valence-corrected chi connectivity index (χ4v) is 1.90. The second-order valence-electron chi connectivity index (χ2n) is 4.73. The second-order valence-corrected chi connectivity index (χ2v) is 4.73. The first kappa shape index (κ1) is 15.9. The van der Waals surface area contributed by atoms with Crippen LogP contribution in [0.3, 0.4) is 0 Å². The maximum absolute atomic E-state index is 13.0. The van der Waals surface area contributed by atoms with Crippen LogP contribution in [0.5, 0.6) is 0 Å². The van der Waals surface area contributed by atoms with E-state index in [0.29, 0.717) is 13.1 Å². The van der Waals surface area contributed by atoms with Gasteiger partial charge in [-0.15, -0.1) is 0 Å². The molecule has 0 saturated heterocycles. The number of halogens is 3.